The Hall–Kier alpha value is -2.33. The van der Waals surface area contributed by atoms with Crippen LogP contribution in [0.1, 0.15) is 62.1 Å². The van der Waals surface area contributed by atoms with Crippen molar-refractivity contribution in [1.29, 1.82) is 0 Å². The van der Waals surface area contributed by atoms with Gasteiger partial charge in [-0.1, -0.05) is 32.4 Å². The van der Waals surface area contributed by atoms with E-state index in [9.17, 15) is 4.79 Å². The van der Waals surface area contributed by atoms with Gasteiger partial charge < -0.3 is 14.2 Å². The van der Waals surface area contributed by atoms with Gasteiger partial charge in [-0.2, -0.15) is 0 Å². The monoisotopic (exact) mass is 356 g/mol. The summed E-state index contributed by atoms with van der Waals surface area (Å²) in [6, 6.07) is 14.4. The maximum atomic E-state index is 12.3. The number of rotatable bonds is 10. The second-order valence-corrected chi connectivity index (χ2v) is 6.20. The molecule has 0 aromatic heterocycles. The molecule has 2 aromatic carbocycles. The minimum Gasteiger partial charge on any atom is -0.494 e. The molecule has 0 aliphatic rings. The lowest BCUT2D eigenvalue weighted by atomic mass is 10.1. The molecule has 0 radical (unpaired) electrons. The number of hydrogen-bond acceptors (Lipinski definition) is 4. The maximum absolute atomic E-state index is 12.3. The number of esters is 1. The van der Waals surface area contributed by atoms with Gasteiger partial charge in [-0.25, -0.2) is 4.79 Å². The largest absolute Gasteiger partial charge is 0.494 e. The first-order valence-corrected chi connectivity index (χ1v) is 9.30. The Labute approximate surface area is 156 Å². The lowest BCUT2D eigenvalue weighted by molar-refractivity contribution is 0.0635. The van der Waals surface area contributed by atoms with Crippen molar-refractivity contribution in [2.24, 2.45) is 0 Å². The Morgan fingerprint density at radius 3 is 2.15 bits per heavy atom. The quantitative estimate of drug-likeness (QED) is 0.317. The van der Waals surface area contributed by atoms with Gasteiger partial charge in [0.15, 0.2) is 0 Å². The minimum absolute atomic E-state index is 0.0160. The highest BCUT2D eigenvalue weighted by Gasteiger charge is 2.11. The number of benzene rings is 2. The van der Waals surface area contributed by atoms with E-state index in [1.807, 2.05) is 19.1 Å². The van der Waals surface area contributed by atoms with Crippen molar-refractivity contribution in [3.63, 3.8) is 0 Å². The third kappa shape index (κ3) is 6.19. The van der Waals surface area contributed by atoms with E-state index in [0.717, 1.165) is 37.2 Å². The predicted molar refractivity (Wildman–Crippen MR) is 103 cm³/mol. The molecule has 0 bridgehead atoms. The van der Waals surface area contributed by atoms with Crippen LogP contribution in [-0.4, -0.2) is 19.2 Å². The lowest BCUT2D eigenvalue weighted by Crippen LogP contribution is -2.09. The second kappa shape index (κ2) is 10.6. The van der Waals surface area contributed by atoms with E-state index in [-0.39, 0.29) is 12.1 Å². The summed E-state index contributed by atoms with van der Waals surface area (Å²) in [6.07, 6.45) is 3.14. The zero-order chi connectivity index (χ0) is 18.8. The smallest absolute Gasteiger partial charge is 0.343 e. The Balaban J connectivity index is 1.91. The van der Waals surface area contributed by atoms with E-state index in [0.29, 0.717) is 17.9 Å². The van der Waals surface area contributed by atoms with Crippen LogP contribution in [0.5, 0.6) is 11.5 Å². The van der Waals surface area contributed by atoms with Crippen molar-refractivity contribution >= 4 is 5.97 Å². The van der Waals surface area contributed by atoms with Crippen LogP contribution < -0.4 is 9.47 Å². The van der Waals surface area contributed by atoms with E-state index in [1.54, 1.807) is 36.4 Å². The van der Waals surface area contributed by atoms with Crippen LogP contribution in [-0.2, 0) is 4.74 Å². The van der Waals surface area contributed by atoms with E-state index in [4.69, 9.17) is 14.2 Å². The normalized spacial score (nSPS) is 11.8. The van der Waals surface area contributed by atoms with E-state index in [1.165, 1.54) is 0 Å². The van der Waals surface area contributed by atoms with Gasteiger partial charge in [0.25, 0.3) is 0 Å². The molecule has 0 spiro atoms. The summed E-state index contributed by atoms with van der Waals surface area (Å²) in [5, 5.41) is 0. The Morgan fingerprint density at radius 1 is 0.885 bits per heavy atom. The standard InChI is InChI=1S/C22H28O4/c1-4-6-16-24-17(3)18-7-9-19(10-8-18)22(23)26-21-13-11-20(12-14-21)25-15-5-2/h7-14,17H,4-6,15-16H2,1-3H3. The van der Waals surface area contributed by atoms with E-state index < -0.39 is 0 Å². The molecule has 2 aromatic rings. The van der Waals surface area contributed by atoms with Crippen molar-refractivity contribution in [3.8, 4) is 11.5 Å². The third-order valence-corrected chi connectivity index (χ3v) is 3.99. The van der Waals surface area contributed by atoms with Crippen LogP contribution in [0, 0.1) is 0 Å². The Kier molecular flexibility index (Phi) is 8.16. The summed E-state index contributed by atoms with van der Waals surface area (Å²) < 4.78 is 16.7. The molecule has 4 nitrogen and oxygen atoms in total. The lowest BCUT2D eigenvalue weighted by Gasteiger charge is -2.13. The van der Waals surface area contributed by atoms with Gasteiger partial charge >= 0.3 is 5.97 Å². The molecule has 0 N–H and O–H groups in total. The molecule has 0 amide bonds. The van der Waals surface area contributed by atoms with Crippen molar-refractivity contribution < 1.29 is 19.0 Å². The molecule has 1 unspecified atom stereocenters. The number of unbranched alkanes of at least 4 members (excludes halogenated alkanes) is 1. The average molecular weight is 356 g/mol. The number of carbonyl (C=O) groups is 1. The molecule has 140 valence electrons. The molecule has 26 heavy (non-hydrogen) atoms. The summed E-state index contributed by atoms with van der Waals surface area (Å²) in [4.78, 5) is 12.3. The van der Waals surface area contributed by atoms with Gasteiger partial charge in [0.2, 0.25) is 0 Å². The molecule has 0 saturated heterocycles. The summed E-state index contributed by atoms with van der Waals surface area (Å²) in [7, 11) is 0. The molecule has 1 atom stereocenters. The highest BCUT2D eigenvalue weighted by atomic mass is 16.5. The molecular formula is C22H28O4. The maximum Gasteiger partial charge on any atom is 0.343 e. The van der Waals surface area contributed by atoms with Crippen LogP contribution in [0.4, 0.5) is 0 Å². The van der Waals surface area contributed by atoms with Gasteiger partial charge in [-0.15, -0.1) is 0 Å². The number of ether oxygens (including phenoxy) is 3. The number of hydrogen-bond donors (Lipinski definition) is 0. The molecule has 0 heterocycles. The van der Waals surface area contributed by atoms with E-state index >= 15 is 0 Å². The fraction of sp³-hybridized carbons (Fsp3) is 0.409. The fourth-order valence-corrected chi connectivity index (χ4v) is 2.38. The highest BCUT2D eigenvalue weighted by Crippen LogP contribution is 2.21. The van der Waals surface area contributed by atoms with Crippen molar-refractivity contribution in [2.75, 3.05) is 13.2 Å². The van der Waals surface area contributed by atoms with Crippen molar-refractivity contribution in [3.05, 3.63) is 59.7 Å². The van der Waals surface area contributed by atoms with Gasteiger partial charge in [0.05, 0.1) is 18.3 Å². The van der Waals surface area contributed by atoms with Crippen molar-refractivity contribution in [2.45, 2.75) is 46.1 Å². The van der Waals surface area contributed by atoms with Crippen LogP contribution in [0.2, 0.25) is 0 Å². The molecule has 4 heteroatoms. The molecule has 0 saturated carbocycles. The number of carbonyl (C=O) groups excluding carboxylic acids is 1. The van der Waals surface area contributed by atoms with Gasteiger partial charge in [0, 0.05) is 6.61 Å². The topological polar surface area (TPSA) is 44.8 Å². The summed E-state index contributed by atoms with van der Waals surface area (Å²) in [5.41, 5.74) is 1.57. The van der Waals surface area contributed by atoms with Crippen LogP contribution in [0.25, 0.3) is 0 Å². The molecule has 2 rings (SSSR count). The summed E-state index contributed by atoms with van der Waals surface area (Å²) in [5.74, 6) is 0.894. The summed E-state index contributed by atoms with van der Waals surface area (Å²) >= 11 is 0. The SMILES string of the molecule is CCCCOC(C)c1ccc(C(=O)Oc2ccc(OCCC)cc2)cc1. The first kappa shape index (κ1) is 20.0. The molecular weight excluding hydrogens is 328 g/mol. The third-order valence-electron chi connectivity index (χ3n) is 3.99. The Morgan fingerprint density at radius 2 is 1.54 bits per heavy atom. The van der Waals surface area contributed by atoms with Crippen LogP contribution in [0.3, 0.4) is 0 Å². The predicted octanol–water partition coefficient (Wildman–Crippen LogP) is 5.57. The first-order chi connectivity index (χ1) is 12.6. The van der Waals surface area contributed by atoms with Crippen molar-refractivity contribution in [1.82, 2.24) is 0 Å². The van der Waals surface area contributed by atoms with Gasteiger partial charge in [-0.3, -0.25) is 0 Å². The fourth-order valence-electron chi connectivity index (χ4n) is 2.38. The second-order valence-electron chi connectivity index (χ2n) is 6.20. The molecule has 0 aliphatic heterocycles. The molecule has 0 aliphatic carbocycles. The van der Waals surface area contributed by atoms with Gasteiger partial charge in [-0.05, 0) is 61.7 Å². The minimum atomic E-state index is -0.377. The highest BCUT2D eigenvalue weighted by molar-refractivity contribution is 5.91. The van der Waals surface area contributed by atoms with Crippen LogP contribution in [0.15, 0.2) is 48.5 Å². The average Bonchev–Trinajstić information content (AvgIpc) is 2.67. The first-order valence-electron chi connectivity index (χ1n) is 9.30. The zero-order valence-electron chi connectivity index (χ0n) is 15.9. The summed E-state index contributed by atoms with van der Waals surface area (Å²) in [6.45, 7) is 7.64. The van der Waals surface area contributed by atoms with Gasteiger partial charge in [0.1, 0.15) is 11.5 Å². The van der Waals surface area contributed by atoms with Crippen LogP contribution >= 0.6 is 0 Å². The zero-order valence-corrected chi connectivity index (χ0v) is 15.9. The van der Waals surface area contributed by atoms with E-state index in [2.05, 4.69) is 13.8 Å². The Bertz CT molecular complexity index is 662. The molecule has 0 fully saturated rings.